The van der Waals surface area contributed by atoms with Crippen LogP contribution < -0.4 is 4.72 Å². The second-order valence-corrected chi connectivity index (χ2v) is 7.25. The summed E-state index contributed by atoms with van der Waals surface area (Å²) in [5, 5.41) is 0.709. The molecule has 2 aromatic carbocycles. The quantitative estimate of drug-likeness (QED) is 0.813. The second kappa shape index (κ2) is 6.73. The van der Waals surface area contributed by atoms with Crippen molar-refractivity contribution in [2.24, 2.45) is 0 Å². The van der Waals surface area contributed by atoms with Gasteiger partial charge < -0.3 is 0 Å². The summed E-state index contributed by atoms with van der Waals surface area (Å²) >= 11 is 3.35. The maximum absolute atomic E-state index is 12.4. The van der Waals surface area contributed by atoms with Crippen molar-refractivity contribution < 1.29 is 8.42 Å². The molecule has 1 atom stereocenters. The number of alkyl halides is 1. The number of halogens is 1. The molecule has 0 unspecified atom stereocenters. The first-order valence-corrected chi connectivity index (χ1v) is 9.27. The Balaban J connectivity index is 2.22. The fourth-order valence-corrected chi connectivity index (χ4v) is 3.79. The van der Waals surface area contributed by atoms with E-state index in [9.17, 15) is 8.42 Å². The van der Waals surface area contributed by atoms with E-state index in [2.05, 4.69) is 20.7 Å². The molecular formula is C16H18BrNO2S. The maximum Gasteiger partial charge on any atom is 0.241 e. The zero-order valence-electron chi connectivity index (χ0n) is 12.0. The fraction of sp³-hybridized carbons (Fsp3) is 0.250. The largest absolute Gasteiger partial charge is 0.241 e. The smallest absolute Gasteiger partial charge is 0.207 e. The second-order valence-electron chi connectivity index (χ2n) is 4.98. The van der Waals surface area contributed by atoms with Gasteiger partial charge in [0.05, 0.1) is 4.90 Å². The summed E-state index contributed by atoms with van der Waals surface area (Å²) in [6.45, 7) is 3.83. The van der Waals surface area contributed by atoms with Crippen LogP contribution in [-0.2, 0) is 15.4 Å². The highest BCUT2D eigenvalue weighted by Gasteiger charge is 2.19. The van der Waals surface area contributed by atoms with Gasteiger partial charge in [-0.2, -0.15) is 0 Å². The van der Waals surface area contributed by atoms with Crippen molar-refractivity contribution in [2.75, 3.05) is 0 Å². The topological polar surface area (TPSA) is 46.2 Å². The molecule has 0 aromatic heterocycles. The van der Waals surface area contributed by atoms with Crippen molar-refractivity contribution in [3.63, 3.8) is 0 Å². The first-order chi connectivity index (χ1) is 9.94. The van der Waals surface area contributed by atoms with Gasteiger partial charge in [-0.3, -0.25) is 0 Å². The van der Waals surface area contributed by atoms with Crippen LogP contribution in [0, 0.1) is 6.92 Å². The van der Waals surface area contributed by atoms with Crippen LogP contribution >= 0.6 is 15.9 Å². The Bertz CT molecular complexity index is 711. The van der Waals surface area contributed by atoms with E-state index >= 15 is 0 Å². The average Bonchev–Trinajstić information content (AvgIpc) is 2.47. The Morgan fingerprint density at radius 2 is 1.71 bits per heavy atom. The number of sulfonamides is 1. The summed E-state index contributed by atoms with van der Waals surface area (Å²) < 4.78 is 27.5. The van der Waals surface area contributed by atoms with E-state index in [1.807, 2.05) is 50.2 Å². The number of nitrogens with one attached hydrogen (secondary N) is 1. The fourth-order valence-electron chi connectivity index (χ4n) is 2.19. The normalized spacial score (nSPS) is 13.1. The van der Waals surface area contributed by atoms with Crippen LogP contribution in [0.1, 0.15) is 29.7 Å². The third kappa shape index (κ3) is 3.93. The van der Waals surface area contributed by atoms with Gasteiger partial charge in [-0.15, -0.1) is 0 Å². The van der Waals surface area contributed by atoms with Gasteiger partial charge in [0.15, 0.2) is 0 Å². The molecular weight excluding hydrogens is 350 g/mol. The van der Waals surface area contributed by atoms with Gasteiger partial charge in [0.2, 0.25) is 10.0 Å². The molecule has 0 bridgehead atoms. The molecule has 21 heavy (non-hydrogen) atoms. The Kier molecular flexibility index (Phi) is 5.19. The van der Waals surface area contributed by atoms with Crippen molar-refractivity contribution in [2.45, 2.75) is 30.1 Å². The summed E-state index contributed by atoms with van der Waals surface area (Å²) in [4.78, 5) is 0.285. The monoisotopic (exact) mass is 367 g/mol. The molecule has 0 spiro atoms. The molecule has 112 valence electrons. The Morgan fingerprint density at radius 3 is 2.29 bits per heavy atom. The predicted molar refractivity (Wildman–Crippen MR) is 89.0 cm³/mol. The highest BCUT2D eigenvalue weighted by molar-refractivity contribution is 9.08. The summed E-state index contributed by atoms with van der Waals surface area (Å²) in [7, 11) is -3.51. The molecule has 0 amide bonds. The molecule has 2 aromatic rings. The van der Waals surface area contributed by atoms with Crippen LogP contribution in [-0.4, -0.2) is 8.42 Å². The van der Waals surface area contributed by atoms with Gasteiger partial charge in [-0.05, 0) is 42.7 Å². The van der Waals surface area contributed by atoms with Crippen molar-refractivity contribution in [1.29, 1.82) is 0 Å². The molecule has 0 saturated carbocycles. The van der Waals surface area contributed by atoms with Crippen LogP contribution in [0.3, 0.4) is 0 Å². The van der Waals surface area contributed by atoms with Crippen molar-refractivity contribution in [3.05, 3.63) is 65.2 Å². The first kappa shape index (κ1) is 16.2. The third-order valence-corrected chi connectivity index (χ3v) is 5.58. The number of aryl methyl sites for hydroxylation is 1. The number of hydrogen-bond donors (Lipinski definition) is 1. The molecule has 5 heteroatoms. The zero-order valence-corrected chi connectivity index (χ0v) is 14.4. The minimum absolute atomic E-state index is 0.271. The van der Waals surface area contributed by atoms with Gasteiger partial charge in [-0.25, -0.2) is 13.1 Å². The predicted octanol–water partition coefficient (Wildman–Crippen LogP) is 3.93. The van der Waals surface area contributed by atoms with Crippen LogP contribution in [0.2, 0.25) is 0 Å². The van der Waals surface area contributed by atoms with E-state index in [1.54, 1.807) is 12.1 Å². The number of rotatable bonds is 5. The maximum atomic E-state index is 12.4. The van der Waals surface area contributed by atoms with E-state index in [4.69, 9.17) is 0 Å². The molecule has 0 aliphatic heterocycles. The molecule has 0 aliphatic rings. The minimum atomic E-state index is -3.51. The molecule has 0 heterocycles. The Labute approximate surface area is 134 Å². The van der Waals surface area contributed by atoms with Gasteiger partial charge in [0, 0.05) is 11.4 Å². The van der Waals surface area contributed by atoms with E-state index in [0.717, 1.165) is 16.7 Å². The van der Waals surface area contributed by atoms with E-state index in [0.29, 0.717) is 5.33 Å². The lowest BCUT2D eigenvalue weighted by atomic mass is 10.0. The SMILES string of the molecule is Cc1ccccc1[C@@H](C)NS(=O)(=O)c1ccc(CBr)cc1. The van der Waals surface area contributed by atoms with Gasteiger partial charge >= 0.3 is 0 Å². The Morgan fingerprint density at radius 1 is 1.10 bits per heavy atom. The molecule has 0 fully saturated rings. The minimum Gasteiger partial charge on any atom is -0.207 e. The first-order valence-electron chi connectivity index (χ1n) is 6.67. The standard InChI is InChI=1S/C16H18BrNO2S/c1-12-5-3-4-6-16(12)13(2)18-21(19,20)15-9-7-14(11-17)8-10-15/h3-10,13,18H,11H2,1-2H3/t13-/m1/s1. The zero-order chi connectivity index (χ0) is 15.5. The molecule has 0 saturated heterocycles. The van der Waals surface area contributed by atoms with Gasteiger partial charge in [-0.1, -0.05) is 52.3 Å². The van der Waals surface area contributed by atoms with Crippen molar-refractivity contribution in [1.82, 2.24) is 4.72 Å². The molecule has 1 N–H and O–H groups in total. The number of hydrogen-bond acceptors (Lipinski definition) is 2. The summed E-state index contributed by atoms with van der Waals surface area (Å²) in [6.07, 6.45) is 0. The third-order valence-electron chi connectivity index (χ3n) is 3.37. The van der Waals surface area contributed by atoms with Crippen molar-refractivity contribution >= 4 is 26.0 Å². The van der Waals surface area contributed by atoms with Crippen LogP contribution in [0.25, 0.3) is 0 Å². The van der Waals surface area contributed by atoms with Crippen LogP contribution in [0.15, 0.2) is 53.4 Å². The highest BCUT2D eigenvalue weighted by Crippen LogP contribution is 2.20. The lowest BCUT2D eigenvalue weighted by Gasteiger charge is -2.16. The van der Waals surface area contributed by atoms with Gasteiger partial charge in [0.1, 0.15) is 0 Å². The highest BCUT2D eigenvalue weighted by atomic mass is 79.9. The Hall–Kier alpha value is -1.17. The van der Waals surface area contributed by atoms with Crippen LogP contribution in [0.4, 0.5) is 0 Å². The molecule has 2 rings (SSSR count). The summed E-state index contributed by atoms with van der Waals surface area (Å²) in [6, 6.07) is 14.4. The molecule has 3 nitrogen and oxygen atoms in total. The summed E-state index contributed by atoms with van der Waals surface area (Å²) in [5.41, 5.74) is 3.10. The van der Waals surface area contributed by atoms with Crippen LogP contribution in [0.5, 0.6) is 0 Å². The average molecular weight is 368 g/mol. The van der Waals surface area contributed by atoms with E-state index in [-0.39, 0.29) is 10.9 Å². The van der Waals surface area contributed by atoms with E-state index < -0.39 is 10.0 Å². The van der Waals surface area contributed by atoms with Gasteiger partial charge in [0.25, 0.3) is 0 Å². The lowest BCUT2D eigenvalue weighted by molar-refractivity contribution is 0.566. The molecule has 0 radical (unpaired) electrons. The number of benzene rings is 2. The van der Waals surface area contributed by atoms with E-state index in [1.165, 1.54) is 0 Å². The molecule has 0 aliphatic carbocycles. The summed E-state index contributed by atoms with van der Waals surface area (Å²) in [5.74, 6) is 0. The lowest BCUT2D eigenvalue weighted by Crippen LogP contribution is -2.27. The van der Waals surface area contributed by atoms with Crippen molar-refractivity contribution in [3.8, 4) is 0 Å².